The van der Waals surface area contributed by atoms with Gasteiger partial charge >= 0.3 is 19.3 Å². The van der Waals surface area contributed by atoms with Crippen LogP contribution in [0.4, 0.5) is 0 Å². The lowest BCUT2D eigenvalue weighted by atomic mass is 10.4. The molecule has 10 heavy (non-hydrogen) atoms. The third kappa shape index (κ3) is 3.13. The first-order valence-corrected chi connectivity index (χ1v) is 5.86. The Morgan fingerprint density at radius 1 is 1.20 bits per heavy atom. The fraction of sp³-hybridized carbons (Fsp3) is 0. The molecule has 1 rings (SSSR count). The SMILES string of the molecule is I.[Cl][Mg][c]1ccccc1Cl. The Morgan fingerprint density at radius 2 is 1.80 bits per heavy atom. The fourth-order valence-corrected chi connectivity index (χ4v) is 2.32. The number of benzene rings is 1. The summed E-state index contributed by atoms with van der Waals surface area (Å²) < 4.78 is 1.13. The van der Waals surface area contributed by atoms with Gasteiger partial charge in [0, 0.05) is 5.02 Å². The highest BCUT2D eigenvalue weighted by Crippen LogP contribution is 2.02. The van der Waals surface area contributed by atoms with E-state index in [1.54, 1.807) is 0 Å². The Balaban J connectivity index is 0.000000810. The molecule has 0 aromatic heterocycles. The van der Waals surface area contributed by atoms with Crippen LogP contribution in [0.25, 0.3) is 0 Å². The quantitative estimate of drug-likeness (QED) is 0.552. The first kappa shape index (κ1) is 11.3. The molecule has 0 aliphatic carbocycles. The maximum Gasteiger partial charge on any atom is 0.540 e. The molecular formula is C6H5Cl2IMg. The maximum absolute atomic E-state index is 5.77. The zero-order valence-electron chi connectivity index (χ0n) is 5.18. The van der Waals surface area contributed by atoms with Gasteiger partial charge in [-0.05, 0) is 6.07 Å². The molecule has 0 saturated carbocycles. The van der Waals surface area contributed by atoms with Gasteiger partial charge in [0.2, 0.25) is 0 Å². The van der Waals surface area contributed by atoms with Gasteiger partial charge in [0.25, 0.3) is 0 Å². The first-order chi connectivity index (χ1) is 4.34. The van der Waals surface area contributed by atoms with Crippen molar-refractivity contribution in [2.45, 2.75) is 0 Å². The molecule has 0 unspecified atom stereocenters. The molecule has 0 aliphatic heterocycles. The van der Waals surface area contributed by atoms with Crippen molar-refractivity contribution >= 4 is 67.6 Å². The number of halogens is 3. The zero-order chi connectivity index (χ0) is 6.69. The largest absolute Gasteiger partial charge is 0.540 e. The molecule has 0 fully saturated rings. The Kier molecular flexibility index (Phi) is 6.65. The molecule has 0 spiro atoms. The van der Waals surface area contributed by atoms with E-state index in [0.29, 0.717) is 0 Å². The van der Waals surface area contributed by atoms with Gasteiger partial charge in [-0.15, -0.1) is 27.7 Å². The van der Waals surface area contributed by atoms with Crippen LogP contribution in [-0.4, -0.2) is 19.3 Å². The van der Waals surface area contributed by atoms with E-state index >= 15 is 0 Å². The van der Waals surface area contributed by atoms with Crippen LogP contribution in [0.5, 0.6) is 0 Å². The van der Waals surface area contributed by atoms with Crippen LogP contribution in [0.3, 0.4) is 0 Å². The molecule has 4 heteroatoms. The normalized spacial score (nSPS) is 7.80. The molecule has 1 aromatic rings. The average molecular weight is 299 g/mol. The molecule has 0 amide bonds. The van der Waals surface area contributed by atoms with E-state index < -0.39 is 19.3 Å². The van der Waals surface area contributed by atoms with Crippen molar-refractivity contribution in [1.29, 1.82) is 0 Å². The monoisotopic (exact) mass is 298 g/mol. The summed E-state index contributed by atoms with van der Waals surface area (Å²) in [6, 6.07) is 7.71. The van der Waals surface area contributed by atoms with Crippen LogP contribution in [0.1, 0.15) is 0 Å². The molecular weight excluding hydrogens is 294 g/mol. The number of hydrogen-bond donors (Lipinski definition) is 0. The third-order valence-corrected chi connectivity index (χ3v) is 3.46. The molecule has 0 saturated heterocycles. The van der Waals surface area contributed by atoms with E-state index in [4.69, 9.17) is 20.7 Å². The Labute approximate surface area is 95.8 Å². The van der Waals surface area contributed by atoms with Crippen molar-refractivity contribution < 1.29 is 0 Å². The van der Waals surface area contributed by atoms with Crippen LogP contribution in [-0.2, 0) is 0 Å². The van der Waals surface area contributed by atoms with Crippen molar-refractivity contribution in [3.8, 4) is 0 Å². The molecule has 0 aliphatic rings. The van der Waals surface area contributed by atoms with E-state index in [-0.39, 0.29) is 24.0 Å². The van der Waals surface area contributed by atoms with Crippen LogP contribution >= 0.6 is 44.6 Å². The summed E-state index contributed by atoms with van der Waals surface area (Å²) in [6.07, 6.45) is 0. The highest BCUT2D eigenvalue weighted by atomic mass is 127. The third-order valence-electron chi connectivity index (χ3n) is 1.10. The van der Waals surface area contributed by atoms with E-state index in [1.807, 2.05) is 24.3 Å². The van der Waals surface area contributed by atoms with Gasteiger partial charge < -0.3 is 9.07 Å². The molecule has 0 bridgehead atoms. The Hall–Kier alpha value is 1.30. The van der Waals surface area contributed by atoms with Crippen LogP contribution < -0.4 is 3.69 Å². The lowest BCUT2D eigenvalue weighted by molar-refractivity contribution is 1.77. The van der Waals surface area contributed by atoms with Crippen molar-refractivity contribution in [2.24, 2.45) is 0 Å². The van der Waals surface area contributed by atoms with Gasteiger partial charge in [0.05, 0.1) is 0 Å². The van der Waals surface area contributed by atoms with Crippen LogP contribution in [0.15, 0.2) is 24.3 Å². The highest BCUT2D eigenvalue weighted by Gasteiger charge is 1.98. The van der Waals surface area contributed by atoms with Gasteiger partial charge in [-0.25, -0.2) is 0 Å². The van der Waals surface area contributed by atoms with Gasteiger partial charge in [0.1, 0.15) is 0 Å². The minimum Gasteiger partial charge on any atom is -0.336 e. The Bertz CT molecular complexity index is 205. The molecule has 52 valence electrons. The summed E-state index contributed by atoms with van der Waals surface area (Å²) in [6.45, 7) is 0. The average Bonchev–Trinajstić information content (AvgIpc) is 1.89. The molecule has 1 aromatic carbocycles. The standard InChI is InChI=1S/C6H4Cl.ClH.HI.Mg/c7-6-4-2-1-3-5-6;;;/h1-4H;2*1H;/q;;;+1/p-1. The topological polar surface area (TPSA) is 0 Å². The predicted molar refractivity (Wildman–Crippen MR) is 58.1 cm³/mol. The van der Waals surface area contributed by atoms with E-state index in [1.165, 1.54) is 0 Å². The summed E-state index contributed by atoms with van der Waals surface area (Å²) >= 11 is 5.18. The summed E-state index contributed by atoms with van der Waals surface area (Å²) in [7, 11) is 5.69. The zero-order valence-corrected chi connectivity index (χ0v) is 10.4. The fourth-order valence-electron chi connectivity index (χ4n) is 0.607. The minimum absolute atomic E-state index is 0. The molecule has 0 nitrogen and oxygen atoms in total. The smallest absolute Gasteiger partial charge is 0.336 e. The molecule has 0 atom stereocenters. The lowest BCUT2D eigenvalue weighted by Crippen LogP contribution is -2.08. The van der Waals surface area contributed by atoms with Crippen molar-refractivity contribution in [2.75, 3.05) is 0 Å². The van der Waals surface area contributed by atoms with E-state index in [9.17, 15) is 0 Å². The molecule has 0 heterocycles. The van der Waals surface area contributed by atoms with Crippen molar-refractivity contribution in [3.05, 3.63) is 29.3 Å². The van der Waals surface area contributed by atoms with E-state index in [2.05, 4.69) is 0 Å². The van der Waals surface area contributed by atoms with Crippen LogP contribution in [0.2, 0.25) is 5.02 Å². The van der Waals surface area contributed by atoms with Gasteiger partial charge in [-0.1, -0.05) is 29.8 Å². The van der Waals surface area contributed by atoms with Crippen LogP contribution in [0, 0.1) is 0 Å². The Morgan fingerprint density at radius 3 is 2.20 bits per heavy atom. The van der Waals surface area contributed by atoms with Crippen molar-refractivity contribution in [3.63, 3.8) is 0 Å². The maximum atomic E-state index is 5.77. The highest BCUT2D eigenvalue weighted by molar-refractivity contribution is 14.0. The molecule has 0 radical (unpaired) electrons. The first-order valence-electron chi connectivity index (χ1n) is 2.64. The molecule has 0 N–H and O–H groups in total. The minimum atomic E-state index is -0.597. The lowest BCUT2D eigenvalue weighted by Gasteiger charge is -1.94. The summed E-state index contributed by atoms with van der Waals surface area (Å²) in [5.41, 5.74) is 0. The number of rotatable bonds is 1. The van der Waals surface area contributed by atoms with Gasteiger partial charge in [-0.3, -0.25) is 0 Å². The second kappa shape index (κ2) is 5.89. The second-order valence-electron chi connectivity index (χ2n) is 1.73. The van der Waals surface area contributed by atoms with Crippen molar-refractivity contribution in [1.82, 2.24) is 0 Å². The summed E-state index contributed by atoms with van der Waals surface area (Å²) in [5.74, 6) is 0. The summed E-state index contributed by atoms with van der Waals surface area (Å²) in [5, 5.41) is 0.805. The summed E-state index contributed by atoms with van der Waals surface area (Å²) in [4.78, 5) is 0. The number of hydrogen-bond acceptors (Lipinski definition) is 0. The predicted octanol–water partition coefficient (Wildman–Crippen LogP) is 2.44. The van der Waals surface area contributed by atoms with E-state index in [0.717, 1.165) is 8.72 Å². The van der Waals surface area contributed by atoms with Gasteiger partial charge in [0.15, 0.2) is 0 Å². The van der Waals surface area contributed by atoms with Gasteiger partial charge in [-0.2, -0.15) is 0 Å². The second-order valence-corrected chi connectivity index (χ2v) is 3.96.